The molecule has 0 spiro atoms. The van der Waals surface area contributed by atoms with Gasteiger partial charge in [0.1, 0.15) is 5.56 Å². The van der Waals surface area contributed by atoms with Gasteiger partial charge in [-0.05, 0) is 38.8 Å². The maximum atomic E-state index is 13.9. The molecule has 4 rings (SSSR count). The highest BCUT2D eigenvalue weighted by Crippen LogP contribution is 2.40. The first-order chi connectivity index (χ1) is 16.5. The van der Waals surface area contributed by atoms with Crippen molar-refractivity contribution in [1.29, 1.82) is 0 Å². The number of nitrogens with zero attached hydrogens (tertiary/aromatic N) is 2. The van der Waals surface area contributed by atoms with E-state index < -0.39 is 17.8 Å². The number of nitrogens with one attached hydrogen (secondary N) is 4. The summed E-state index contributed by atoms with van der Waals surface area (Å²) in [6.07, 6.45) is 4.18. The molecule has 4 N–H and O–H groups in total. The maximum absolute atomic E-state index is 13.9. The third-order valence-corrected chi connectivity index (χ3v) is 6.05. The molecule has 1 saturated heterocycles. The van der Waals surface area contributed by atoms with Gasteiger partial charge >= 0.3 is 12.3 Å². The molecule has 3 aromatic rings. The number of benzene rings is 1. The van der Waals surface area contributed by atoms with Crippen molar-refractivity contribution >= 4 is 28.6 Å². The Labute approximate surface area is 200 Å². The zero-order chi connectivity index (χ0) is 25.4. The van der Waals surface area contributed by atoms with Gasteiger partial charge in [0.2, 0.25) is 5.95 Å². The predicted octanol–water partition coefficient (Wildman–Crippen LogP) is 4.75. The van der Waals surface area contributed by atoms with Crippen LogP contribution in [0.25, 0.3) is 22.2 Å². The number of ether oxygens (including phenoxy) is 1. The topological polar surface area (TPSA) is 104 Å². The minimum Gasteiger partial charge on any atom is -0.453 e. The van der Waals surface area contributed by atoms with Gasteiger partial charge in [0.15, 0.2) is 0 Å². The fourth-order valence-electron chi connectivity index (χ4n) is 4.11. The zero-order valence-electron chi connectivity index (χ0n) is 19.4. The number of methoxy groups -OCH3 is 1. The third-order valence-electron chi connectivity index (χ3n) is 6.05. The molecular weight excluding hydrogens is 461 g/mol. The number of hydrogen-bond donors (Lipinski definition) is 4. The van der Waals surface area contributed by atoms with Crippen molar-refractivity contribution in [2.75, 3.05) is 24.3 Å². The van der Waals surface area contributed by atoms with Crippen LogP contribution in [0.3, 0.4) is 0 Å². The number of anilines is 2. The van der Waals surface area contributed by atoms with E-state index in [9.17, 15) is 18.0 Å². The number of halogens is 3. The highest BCUT2D eigenvalue weighted by atomic mass is 19.4. The first-order valence-electron chi connectivity index (χ1n) is 10.9. The predicted molar refractivity (Wildman–Crippen MR) is 127 cm³/mol. The summed E-state index contributed by atoms with van der Waals surface area (Å²) in [7, 11) is 1.21. The van der Waals surface area contributed by atoms with E-state index in [1.54, 1.807) is 6.07 Å². The molecule has 184 valence electrons. The molecule has 0 bridgehead atoms. The van der Waals surface area contributed by atoms with Gasteiger partial charge in [-0.15, -0.1) is 6.42 Å². The molecule has 1 aliphatic rings. The molecule has 1 aliphatic heterocycles. The Hall–Kier alpha value is -3.78. The van der Waals surface area contributed by atoms with Crippen LogP contribution in [0, 0.1) is 12.3 Å². The van der Waals surface area contributed by atoms with Crippen LogP contribution in [0.2, 0.25) is 0 Å². The number of amides is 1. The number of terminal acetylenes is 1. The largest absolute Gasteiger partial charge is 0.453 e. The van der Waals surface area contributed by atoms with E-state index >= 15 is 0 Å². The molecule has 35 heavy (non-hydrogen) atoms. The maximum Gasteiger partial charge on any atom is 0.419 e. The quantitative estimate of drug-likeness (QED) is 0.397. The summed E-state index contributed by atoms with van der Waals surface area (Å²) in [6, 6.07) is 3.06. The van der Waals surface area contributed by atoms with Gasteiger partial charge in [-0.3, -0.25) is 5.32 Å². The summed E-state index contributed by atoms with van der Waals surface area (Å²) in [4.78, 5) is 22.8. The fraction of sp³-hybridized carbons (Fsp3) is 0.375. The summed E-state index contributed by atoms with van der Waals surface area (Å²) in [5.41, 5.74) is -0.0823. The lowest BCUT2D eigenvalue weighted by atomic mass is 9.91. The fourth-order valence-corrected chi connectivity index (χ4v) is 4.11. The molecule has 3 heterocycles. The lowest BCUT2D eigenvalue weighted by Crippen LogP contribution is -2.50. The Morgan fingerprint density at radius 3 is 2.74 bits per heavy atom. The lowest BCUT2D eigenvalue weighted by molar-refractivity contribution is -0.137. The Kier molecular flexibility index (Phi) is 6.34. The first-order valence-corrected chi connectivity index (χ1v) is 10.9. The molecule has 1 unspecified atom stereocenters. The van der Waals surface area contributed by atoms with E-state index in [0.29, 0.717) is 17.4 Å². The minimum absolute atomic E-state index is 0.00465. The summed E-state index contributed by atoms with van der Waals surface area (Å²) in [5, 5.41) is 9.48. The van der Waals surface area contributed by atoms with E-state index in [1.165, 1.54) is 19.4 Å². The number of carbonyl (C=O) groups excluding carboxylic acids is 1. The second-order valence-corrected chi connectivity index (χ2v) is 8.97. The smallest absolute Gasteiger partial charge is 0.419 e. The second kappa shape index (κ2) is 9.11. The molecule has 1 amide bonds. The monoisotopic (exact) mass is 486 g/mol. The number of carbonyl (C=O) groups is 1. The van der Waals surface area contributed by atoms with Crippen molar-refractivity contribution in [3.8, 4) is 23.6 Å². The Bertz CT molecular complexity index is 1300. The SMILES string of the molecule is C#Cc1c(NC(=O)OC)ccc2c(-c3nc(NC4CCC(C)(C)NC4)ncc3C(F)(F)F)c[nH]c12. The van der Waals surface area contributed by atoms with Crippen LogP contribution in [-0.2, 0) is 10.9 Å². The van der Waals surface area contributed by atoms with Crippen molar-refractivity contribution in [3.05, 3.63) is 35.7 Å². The zero-order valence-corrected chi connectivity index (χ0v) is 19.4. The number of aromatic amines is 1. The Morgan fingerprint density at radius 1 is 1.34 bits per heavy atom. The average Bonchev–Trinajstić information content (AvgIpc) is 3.23. The van der Waals surface area contributed by atoms with E-state index in [1.807, 2.05) is 0 Å². The van der Waals surface area contributed by atoms with Crippen LogP contribution in [-0.4, -0.2) is 46.3 Å². The van der Waals surface area contributed by atoms with Crippen molar-refractivity contribution < 1.29 is 22.7 Å². The number of rotatable bonds is 4. The lowest BCUT2D eigenvalue weighted by Gasteiger charge is -2.36. The average molecular weight is 486 g/mol. The standard InChI is InChI=1S/C24H25F3N6O2/c1-5-14-18(32-22(34)35-4)7-6-15-16(11-28-19(14)15)20-17(24(25,26)27)12-29-21(33-20)31-13-8-9-23(2,3)30-10-13/h1,6-7,11-13,28,30H,8-10H2,2-4H3,(H,32,34)(H,29,31,33). The van der Waals surface area contributed by atoms with Crippen molar-refractivity contribution in [2.45, 2.75) is 44.4 Å². The van der Waals surface area contributed by atoms with Gasteiger partial charge in [-0.1, -0.05) is 5.92 Å². The molecule has 0 radical (unpaired) electrons. The Morgan fingerprint density at radius 2 is 2.11 bits per heavy atom. The van der Waals surface area contributed by atoms with E-state index in [4.69, 9.17) is 6.42 Å². The molecule has 1 fully saturated rings. The van der Waals surface area contributed by atoms with Crippen molar-refractivity contribution in [3.63, 3.8) is 0 Å². The molecule has 1 atom stereocenters. The van der Waals surface area contributed by atoms with Gasteiger partial charge in [-0.25, -0.2) is 14.8 Å². The van der Waals surface area contributed by atoms with Crippen LogP contribution in [0.1, 0.15) is 37.8 Å². The van der Waals surface area contributed by atoms with Crippen LogP contribution in [0.5, 0.6) is 0 Å². The minimum atomic E-state index is -4.67. The normalized spacial score (nSPS) is 17.6. The van der Waals surface area contributed by atoms with Gasteiger partial charge < -0.3 is 20.4 Å². The summed E-state index contributed by atoms with van der Waals surface area (Å²) in [6.45, 7) is 4.84. The van der Waals surface area contributed by atoms with Crippen molar-refractivity contribution in [2.24, 2.45) is 0 Å². The number of hydrogen-bond acceptors (Lipinski definition) is 6. The second-order valence-electron chi connectivity index (χ2n) is 8.97. The molecule has 0 saturated carbocycles. The van der Waals surface area contributed by atoms with Gasteiger partial charge in [0.25, 0.3) is 0 Å². The molecular formula is C24H25F3N6O2. The number of piperidine rings is 1. The number of fused-ring (bicyclic) bond motifs is 1. The first kappa shape index (κ1) is 24.3. The van der Waals surface area contributed by atoms with Crippen LogP contribution in [0.15, 0.2) is 24.5 Å². The summed E-state index contributed by atoms with van der Waals surface area (Å²) < 4.78 is 46.3. The van der Waals surface area contributed by atoms with Crippen LogP contribution < -0.4 is 16.0 Å². The summed E-state index contributed by atoms with van der Waals surface area (Å²) in [5.74, 6) is 2.58. The number of aromatic nitrogens is 3. The van der Waals surface area contributed by atoms with Crippen LogP contribution in [0.4, 0.5) is 29.6 Å². The van der Waals surface area contributed by atoms with Crippen molar-refractivity contribution in [1.82, 2.24) is 20.3 Å². The highest BCUT2D eigenvalue weighted by molar-refractivity contribution is 6.02. The number of H-pyrrole nitrogens is 1. The van der Waals surface area contributed by atoms with E-state index in [-0.39, 0.29) is 40.0 Å². The number of alkyl halides is 3. The molecule has 8 nitrogen and oxygen atoms in total. The van der Waals surface area contributed by atoms with E-state index in [0.717, 1.165) is 19.0 Å². The van der Waals surface area contributed by atoms with Gasteiger partial charge in [-0.2, -0.15) is 13.2 Å². The molecule has 1 aromatic carbocycles. The third kappa shape index (κ3) is 5.02. The Balaban J connectivity index is 1.76. The molecule has 11 heteroatoms. The molecule has 2 aromatic heterocycles. The van der Waals surface area contributed by atoms with Gasteiger partial charge in [0.05, 0.1) is 29.6 Å². The molecule has 0 aliphatic carbocycles. The van der Waals surface area contributed by atoms with Crippen LogP contribution >= 0.6 is 0 Å². The van der Waals surface area contributed by atoms with Gasteiger partial charge in [0, 0.05) is 41.5 Å². The highest BCUT2D eigenvalue weighted by Gasteiger charge is 2.36. The summed E-state index contributed by atoms with van der Waals surface area (Å²) >= 11 is 0. The van der Waals surface area contributed by atoms with E-state index in [2.05, 4.69) is 55.4 Å².